The number of hydrogen-bond donors (Lipinski definition) is 2. The van der Waals surface area contributed by atoms with E-state index < -0.39 is 11.1 Å². The van der Waals surface area contributed by atoms with E-state index in [1.165, 1.54) is 12.8 Å². The topological polar surface area (TPSA) is 49.3 Å². The summed E-state index contributed by atoms with van der Waals surface area (Å²) in [6.07, 6.45) is 2.96. The number of carbonyl (C=O) groups excluding carboxylic acids is 1. The average molecular weight is 199 g/mol. The molecule has 1 aliphatic carbocycles. The Morgan fingerprint density at radius 3 is 2.21 bits per heavy atom. The van der Waals surface area contributed by atoms with Crippen molar-refractivity contribution in [3.63, 3.8) is 0 Å². The summed E-state index contributed by atoms with van der Waals surface area (Å²) in [6.45, 7) is 7.12. The van der Waals surface area contributed by atoms with E-state index in [-0.39, 0.29) is 5.91 Å². The van der Waals surface area contributed by atoms with Gasteiger partial charge in [-0.1, -0.05) is 0 Å². The highest BCUT2D eigenvalue weighted by Gasteiger charge is 2.37. The Bertz CT molecular complexity index is 224. The van der Waals surface area contributed by atoms with Crippen LogP contribution in [0.5, 0.6) is 0 Å². The van der Waals surface area contributed by atoms with Crippen LogP contribution in [0.4, 0.5) is 0 Å². The lowest BCUT2D eigenvalue weighted by Gasteiger charge is -2.38. The highest BCUT2D eigenvalue weighted by atomic mass is 16.3. The van der Waals surface area contributed by atoms with Crippen LogP contribution in [-0.2, 0) is 4.79 Å². The van der Waals surface area contributed by atoms with E-state index in [4.69, 9.17) is 0 Å². The van der Waals surface area contributed by atoms with Gasteiger partial charge < -0.3 is 10.4 Å². The molecule has 3 nitrogen and oxygen atoms in total. The molecule has 0 aromatic heterocycles. The molecular weight excluding hydrogens is 178 g/mol. The van der Waals surface area contributed by atoms with E-state index >= 15 is 0 Å². The second-order valence-electron chi connectivity index (χ2n) is 5.38. The summed E-state index contributed by atoms with van der Waals surface area (Å²) in [5.41, 5.74) is -1.47. The molecule has 1 fully saturated rings. The highest BCUT2D eigenvalue weighted by Crippen LogP contribution is 2.32. The number of rotatable bonds is 4. The smallest absolute Gasteiger partial charge is 0.220 e. The highest BCUT2D eigenvalue weighted by molar-refractivity contribution is 5.77. The van der Waals surface area contributed by atoms with Crippen LogP contribution in [0.2, 0.25) is 0 Å². The lowest BCUT2D eigenvalue weighted by molar-refractivity contribution is -0.126. The van der Waals surface area contributed by atoms with Crippen LogP contribution in [-0.4, -0.2) is 22.2 Å². The molecule has 0 spiro atoms. The number of nitrogens with one attached hydrogen (secondary N) is 1. The van der Waals surface area contributed by atoms with Crippen LogP contribution >= 0.6 is 0 Å². The van der Waals surface area contributed by atoms with Crippen LogP contribution < -0.4 is 5.32 Å². The van der Waals surface area contributed by atoms with Gasteiger partial charge in [0.15, 0.2) is 0 Å². The third kappa shape index (κ3) is 2.98. The standard InChI is InChI=1S/C11H21NO2/c1-10(2,11(3,4)14)12-9(13)7-8-5-6-8/h8,14H,5-7H2,1-4H3,(H,12,13). The number of carbonyl (C=O) groups is 1. The summed E-state index contributed by atoms with van der Waals surface area (Å²) in [7, 11) is 0. The van der Waals surface area contributed by atoms with Gasteiger partial charge in [-0.15, -0.1) is 0 Å². The number of amides is 1. The molecular formula is C11H21NO2. The van der Waals surface area contributed by atoms with Gasteiger partial charge in [-0.25, -0.2) is 0 Å². The van der Waals surface area contributed by atoms with Crippen molar-refractivity contribution < 1.29 is 9.90 Å². The molecule has 0 aromatic rings. The van der Waals surface area contributed by atoms with Crippen molar-refractivity contribution in [2.24, 2.45) is 5.92 Å². The molecule has 3 heteroatoms. The van der Waals surface area contributed by atoms with E-state index in [9.17, 15) is 9.90 Å². The summed E-state index contributed by atoms with van der Waals surface area (Å²) < 4.78 is 0. The monoisotopic (exact) mass is 199 g/mol. The molecule has 1 amide bonds. The zero-order valence-corrected chi connectivity index (χ0v) is 9.55. The van der Waals surface area contributed by atoms with Gasteiger partial charge in [0.05, 0.1) is 11.1 Å². The zero-order chi connectivity index (χ0) is 11.0. The molecule has 1 rings (SSSR count). The minimum atomic E-state index is -0.897. The third-order valence-corrected chi connectivity index (χ3v) is 3.15. The maximum Gasteiger partial charge on any atom is 0.220 e. The Kier molecular flexibility index (Phi) is 2.91. The molecule has 82 valence electrons. The minimum Gasteiger partial charge on any atom is -0.388 e. The summed E-state index contributed by atoms with van der Waals surface area (Å²) in [6, 6.07) is 0. The molecule has 0 bridgehead atoms. The molecule has 0 aliphatic heterocycles. The lowest BCUT2D eigenvalue weighted by atomic mass is 9.86. The van der Waals surface area contributed by atoms with Gasteiger partial charge in [0.2, 0.25) is 5.91 Å². The fourth-order valence-corrected chi connectivity index (χ4v) is 1.14. The molecule has 0 aromatic carbocycles. The van der Waals surface area contributed by atoms with Crippen molar-refractivity contribution in [2.75, 3.05) is 0 Å². The number of aliphatic hydroxyl groups is 1. The summed E-state index contributed by atoms with van der Waals surface area (Å²) in [4.78, 5) is 11.5. The van der Waals surface area contributed by atoms with Gasteiger partial charge in [-0.2, -0.15) is 0 Å². The molecule has 0 saturated heterocycles. The SMILES string of the molecule is CC(C)(O)C(C)(C)NC(=O)CC1CC1. The van der Waals surface area contributed by atoms with Crippen LogP contribution in [0.15, 0.2) is 0 Å². The van der Waals surface area contributed by atoms with Crippen molar-refractivity contribution in [2.45, 2.75) is 58.1 Å². The minimum absolute atomic E-state index is 0.0552. The van der Waals surface area contributed by atoms with Gasteiger partial charge >= 0.3 is 0 Å². The molecule has 1 saturated carbocycles. The Hall–Kier alpha value is -0.570. The Labute approximate surface area is 85.9 Å². The fourth-order valence-electron chi connectivity index (χ4n) is 1.14. The predicted molar refractivity (Wildman–Crippen MR) is 55.9 cm³/mol. The Morgan fingerprint density at radius 2 is 1.86 bits per heavy atom. The van der Waals surface area contributed by atoms with E-state index in [0.29, 0.717) is 12.3 Å². The maximum absolute atomic E-state index is 11.5. The first kappa shape index (κ1) is 11.5. The largest absolute Gasteiger partial charge is 0.388 e. The molecule has 0 heterocycles. The van der Waals surface area contributed by atoms with Gasteiger partial charge in [0, 0.05) is 6.42 Å². The van der Waals surface area contributed by atoms with Gasteiger partial charge in [-0.05, 0) is 46.5 Å². The van der Waals surface area contributed by atoms with Gasteiger partial charge in [0.25, 0.3) is 0 Å². The van der Waals surface area contributed by atoms with Crippen LogP contribution in [0.1, 0.15) is 47.0 Å². The van der Waals surface area contributed by atoms with Crippen LogP contribution in [0, 0.1) is 5.92 Å². The molecule has 0 atom stereocenters. The molecule has 1 aliphatic rings. The quantitative estimate of drug-likeness (QED) is 0.720. The van der Waals surface area contributed by atoms with Crippen molar-refractivity contribution in [3.8, 4) is 0 Å². The number of hydrogen-bond acceptors (Lipinski definition) is 2. The zero-order valence-electron chi connectivity index (χ0n) is 9.55. The van der Waals surface area contributed by atoms with E-state index in [1.54, 1.807) is 13.8 Å². The molecule has 14 heavy (non-hydrogen) atoms. The van der Waals surface area contributed by atoms with Crippen molar-refractivity contribution in [1.29, 1.82) is 0 Å². The van der Waals surface area contributed by atoms with Crippen molar-refractivity contribution >= 4 is 5.91 Å². The first-order valence-electron chi connectivity index (χ1n) is 5.26. The molecule has 2 N–H and O–H groups in total. The van der Waals surface area contributed by atoms with E-state index in [2.05, 4.69) is 5.32 Å². The lowest BCUT2D eigenvalue weighted by Crippen LogP contribution is -2.57. The summed E-state index contributed by atoms with van der Waals surface area (Å²) in [5.74, 6) is 0.646. The van der Waals surface area contributed by atoms with Crippen molar-refractivity contribution in [1.82, 2.24) is 5.32 Å². The van der Waals surface area contributed by atoms with E-state index in [1.807, 2.05) is 13.8 Å². The molecule has 0 unspecified atom stereocenters. The first-order valence-corrected chi connectivity index (χ1v) is 5.26. The third-order valence-electron chi connectivity index (χ3n) is 3.15. The molecule has 0 radical (unpaired) electrons. The second kappa shape index (κ2) is 3.54. The second-order valence-corrected chi connectivity index (χ2v) is 5.38. The average Bonchev–Trinajstić information content (AvgIpc) is 2.66. The van der Waals surface area contributed by atoms with Crippen LogP contribution in [0.25, 0.3) is 0 Å². The van der Waals surface area contributed by atoms with E-state index in [0.717, 1.165) is 0 Å². The van der Waals surface area contributed by atoms with Crippen molar-refractivity contribution in [3.05, 3.63) is 0 Å². The Morgan fingerprint density at radius 1 is 1.36 bits per heavy atom. The summed E-state index contributed by atoms with van der Waals surface area (Å²) in [5, 5.41) is 12.7. The predicted octanol–water partition coefficient (Wildman–Crippen LogP) is 1.45. The Balaban J connectivity index is 2.44. The van der Waals surface area contributed by atoms with Gasteiger partial charge in [-0.3, -0.25) is 4.79 Å². The first-order chi connectivity index (χ1) is 6.22. The maximum atomic E-state index is 11.5. The normalized spacial score (nSPS) is 18.1. The van der Waals surface area contributed by atoms with Crippen LogP contribution in [0.3, 0.4) is 0 Å². The summed E-state index contributed by atoms with van der Waals surface area (Å²) >= 11 is 0. The fraction of sp³-hybridized carbons (Fsp3) is 0.909. The van der Waals surface area contributed by atoms with Gasteiger partial charge in [0.1, 0.15) is 0 Å².